The molecule has 0 radical (unpaired) electrons. The lowest BCUT2D eigenvalue weighted by Gasteiger charge is -2.40. The fourth-order valence-corrected chi connectivity index (χ4v) is 5.90. The molecule has 2 saturated heterocycles. The number of benzene rings is 1. The van der Waals surface area contributed by atoms with Crippen molar-refractivity contribution in [2.45, 2.75) is 50.5 Å². The summed E-state index contributed by atoms with van der Waals surface area (Å²) in [5.74, 6) is 1.49. The van der Waals surface area contributed by atoms with Crippen LogP contribution in [-0.4, -0.2) is 67.7 Å². The number of hydrogen-bond acceptors (Lipinski definition) is 6. The van der Waals surface area contributed by atoms with E-state index in [4.69, 9.17) is 0 Å². The van der Waals surface area contributed by atoms with Gasteiger partial charge < -0.3 is 4.90 Å². The van der Waals surface area contributed by atoms with Crippen LogP contribution in [0.2, 0.25) is 0 Å². The Morgan fingerprint density at radius 3 is 2.03 bits per heavy atom. The lowest BCUT2D eigenvalue weighted by atomic mass is 9.97. The molecule has 1 aromatic carbocycles. The van der Waals surface area contributed by atoms with E-state index in [0.717, 1.165) is 51.5 Å². The summed E-state index contributed by atoms with van der Waals surface area (Å²) in [7, 11) is -3.52. The molecule has 1 unspecified atom stereocenters. The lowest BCUT2D eigenvalue weighted by Crippen LogP contribution is -2.51. The quantitative estimate of drug-likeness (QED) is 0.495. The largest absolute Gasteiger partial charge is 0.302 e. The van der Waals surface area contributed by atoms with Gasteiger partial charge in [0.15, 0.2) is 9.84 Å². The summed E-state index contributed by atoms with van der Waals surface area (Å²) in [6, 6.07) is 5.24. The van der Waals surface area contributed by atoms with Gasteiger partial charge in [0.2, 0.25) is 0 Å². The molecule has 0 saturated carbocycles. The molecule has 2 aliphatic rings. The van der Waals surface area contributed by atoms with E-state index in [-0.39, 0.29) is 22.4 Å². The Labute approximate surface area is 174 Å². The van der Waals surface area contributed by atoms with Gasteiger partial charge in [-0.3, -0.25) is 15.0 Å². The predicted octanol–water partition coefficient (Wildman–Crippen LogP) is 3.20. The monoisotopic (exact) mass is 423 g/mol. The molecule has 8 heteroatoms. The third-order valence-electron chi connectivity index (χ3n) is 6.50. The molecular weight excluding hydrogens is 390 g/mol. The predicted molar refractivity (Wildman–Crippen MR) is 114 cm³/mol. The SMILES string of the molecule is CC1CCN(CC(CS(=O)(=O)c2ccc([N+](=O)[O-])cc2)N2CCC(C)CC2)CC1. The number of hydrogen-bond donors (Lipinski definition) is 0. The zero-order valence-electron chi connectivity index (χ0n) is 17.5. The Hall–Kier alpha value is -1.51. The molecule has 0 amide bonds. The minimum atomic E-state index is -3.52. The van der Waals surface area contributed by atoms with Gasteiger partial charge >= 0.3 is 0 Å². The van der Waals surface area contributed by atoms with Crippen molar-refractivity contribution < 1.29 is 13.3 Å². The van der Waals surface area contributed by atoms with Crippen molar-refractivity contribution >= 4 is 15.5 Å². The standard InChI is InChI=1S/C21H33N3O4S/c1-17-7-11-22(12-8-17)15-20(23-13-9-18(2)10-14-23)16-29(27,28)21-5-3-19(4-6-21)24(25)26/h3-6,17-18,20H,7-16H2,1-2H3. The maximum Gasteiger partial charge on any atom is 0.269 e. The smallest absolute Gasteiger partial charge is 0.269 e. The number of non-ortho nitro benzene ring substituents is 1. The highest BCUT2D eigenvalue weighted by Gasteiger charge is 2.31. The molecule has 0 spiro atoms. The Balaban J connectivity index is 1.74. The number of nitro benzene ring substituents is 1. The van der Waals surface area contributed by atoms with E-state index >= 15 is 0 Å². The topological polar surface area (TPSA) is 83.8 Å². The van der Waals surface area contributed by atoms with E-state index < -0.39 is 14.8 Å². The highest BCUT2D eigenvalue weighted by Crippen LogP contribution is 2.24. The second kappa shape index (κ2) is 9.53. The fraction of sp³-hybridized carbons (Fsp3) is 0.714. The summed E-state index contributed by atoms with van der Waals surface area (Å²) in [5.41, 5.74) is -0.0899. The number of likely N-dealkylation sites (tertiary alicyclic amines) is 2. The van der Waals surface area contributed by atoms with Crippen molar-refractivity contribution in [2.75, 3.05) is 38.5 Å². The summed E-state index contributed by atoms with van der Waals surface area (Å²) in [4.78, 5) is 15.3. The van der Waals surface area contributed by atoms with E-state index in [9.17, 15) is 18.5 Å². The van der Waals surface area contributed by atoms with Gasteiger partial charge in [-0.25, -0.2) is 8.42 Å². The van der Waals surface area contributed by atoms with Gasteiger partial charge in [0, 0.05) is 24.7 Å². The molecule has 2 heterocycles. The van der Waals surface area contributed by atoms with Crippen molar-refractivity contribution in [3.63, 3.8) is 0 Å². The second-order valence-corrected chi connectivity index (χ2v) is 10.9. The number of rotatable bonds is 7. The van der Waals surface area contributed by atoms with E-state index in [1.807, 2.05) is 0 Å². The minimum Gasteiger partial charge on any atom is -0.302 e. The summed E-state index contributed by atoms with van der Waals surface area (Å²) < 4.78 is 26.2. The molecule has 1 aromatic rings. The van der Waals surface area contributed by atoms with Gasteiger partial charge in [0.25, 0.3) is 5.69 Å². The normalized spacial score (nSPS) is 21.9. The van der Waals surface area contributed by atoms with Crippen molar-refractivity contribution in [3.8, 4) is 0 Å². The molecule has 1 atom stereocenters. The van der Waals surface area contributed by atoms with Crippen LogP contribution in [0.4, 0.5) is 5.69 Å². The molecule has 3 rings (SSSR count). The molecule has 0 aliphatic carbocycles. The third-order valence-corrected chi connectivity index (χ3v) is 8.31. The van der Waals surface area contributed by atoms with Crippen LogP contribution in [0.5, 0.6) is 0 Å². The first-order valence-corrected chi connectivity index (χ1v) is 12.3. The van der Waals surface area contributed by atoms with Crippen molar-refractivity contribution in [3.05, 3.63) is 34.4 Å². The van der Waals surface area contributed by atoms with Crippen LogP contribution >= 0.6 is 0 Å². The van der Waals surface area contributed by atoms with Crippen LogP contribution in [0.25, 0.3) is 0 Å². The molecular formula is C21H33N3O4S. The summed E-state index contributed by atoms with van der Waals surface area (Å²) in [6.07, 6.45) is 4.54. The van der Waals surface area contributed by atoms with Gasteiger partial charge in [-0.2, -0.15) is 0 Å². The lowest BCUT2D eigenvalue weighted by molar-refractivity contribution is -0.384. The average Bonchev–Trinajstić information content (AvgIpc) is 2.69. The molecule has 7 nitrogen and oxygen atoms in total. The first-order valence-electron chi connectivity index (χ1n) is 10.7. The first kappa shape index (κ1) is 22.2. The van der Waals surface area contributed by atoms with Crippen LogP contribution in [-0.2, 0) is 9.84 Å². The number of nitrogens with zero attached hydrogens (tertiary/aromatic N) is 3. The first-order chi connectivity index (χ1) is 13.7. The van der Waals surface area contributed by atoms with Gasteiger partial charge in [-0.1, -0.05) is 13.8 Å². The summed E-state index contributed by atoms with van der Waals surface area (Å²) in [6.45, 7) is 9.23. The zero-order valence-corrected chi connectivity index (χ0v) is 18.3. The van der Waals surface area contributed by atoms with Crippen molar-refractivity contribution in [1.29, 1.82) is 0 Å². The highest BCUT2D eigenvalue weighted by atomic mass is 32.2. The number of sulfone groups is 1. The molecule has 0 N–H and O–H groups in total. The van der Waals surface area contributed by atoms with Gasteiger partial charge in [-0.05, 0) is 75.8 Å². The van der Waals surface area contributed by atoms with Crippen LogP contribution in [0.1, 0.15) is 39.5 Å². The van der Waals surface area contributed by atoms with Crippen LogP contribution < -0.4 is 0 Å². The molecule has 0 bridgehead atoms. The van der Waals surface area contributed by atoms with Crippen molar-refractivity contribution in [2.24, 2.45) is 11.8 Å². The van der Waals surface area contributed by atoms with Crippen LogP contribution in [0.15, 0.2) is 29.2 Å². The van der Waals surface area contributed by atoms with Crippen molar-refractivity contribution in [1.82, 2.24) is 9.80 Å². The van der Waals surface area contributed by atoms with E-state index in [1.165, 1.54) is 37.1 Å². The molecule has 0 aromatic heterocycles. The van der Waals surface area contributed by atoms with E-state index in [0.29, 0.717) is 5.92 Å². The number of piperidine rings is 2. The minimum absolute atomic E-state index is 0.0453. The Morgan fingerprint density at radius 1 is 1.00 bits per heavy atom. The molecule has 2 aliphatic heterocycles. The average molecular weight is 424 g/mol. The van der Waals surface area contributed by atoms with Gasteiger partial charge in [-0.15, -0.1) is 0 Å². The molecule has 2 fully saturated rings. The zero-order chi connectivity index (χ0) is 21.0. The fourth-order valence-electron chi connectivity index (χ4n) is 4.33. The van der Waals surface area contributed by atoms with E-state index in [1.54, 1.807) is 0 Å². The summed E-state index contributed by atoms with van der Waals surface area (Å²) in [5, 5.41) is 10.9. The number of nitro groups is 1. The van der Waals surface area contributed by atoms with Gasteiger partial charge in [0.1, 0.15) is 0 Å². The maximum absolute atomic E-state index is 13.1. The summed E-state index contributed by atoms with van der Waals surface area (Å²) >= 11 is 0. The van der Waals surface area contributed by atoms with Crippen LogP contribution in [0.3, 0.4) is 0 Å². The van der Waals surface area contributed by atoms with Crippen LogP contribution in [0, 0.1) is 22.0 Å². The molecule has 162 valence electrons. The molecule has 29 heavy (non-hydrogen) atoms. The van der Waals surface area contributed by atoms with Gasteiger partial charge in [0.05, 0.1) is 15.6 Å². The Kier molecular flexibility index (Phi) is 7.29. The second-order valence-electron chi connectivity index (χ2n) is 8.89. The highest BCUT2D eigenvalue weighted by molar-refractivity contribution is 7.91. The Morgan fingerprint density at radius 2 is 1.52 bits per heavy atom. The maximum atomic E-state index is 13.1. The third kappa shape index (κ3) is 5.99. The van der Waals surface area contributed by atoms with E-state index in [2.05, 4.69) is 23.6 Å². The Bertz CT molecular complexity index is 781.